The van der Waals surface area contributed by atoms with Crippen LogP contribution in [-0.2, 0) is 13.6 Å². The average molecular weight is 221 g/mol. The summed E-state index contributed by atoms with van der Waals surface area (Å²) < 4.78 is 4.46. The molecule has 2 heteroatoms. The summed E-state index contributed by atoms with van der Waals surface area (Å²) in [4.78, 5) is 0. The van der Waals surface area contributed by atoms with Crippen LogP contribution in [0.5, 0.6) is 0 Å². The van der Waals surface area contributed by atoms with E-state index in [-0.39, 0.29) is 0 Å². The molecule has 1 aromatic heterocycles. The van der Waals surface area contributed by atoms with Gasteiger partial charge in [0.2, 0.25) is 6.33 Å². The highest BCUT2D eigenvalue weighted by Gasteiger charge is 2.24. The van der Waals surface area contributed by atoms with Crippen molar-refractivity contribution in [2.24, 2.45) is 24.8 Å². The highest BCUT2D eigenvalue weighted by Crippen LogP contribution is 2.33. The Morgan fingerprint density at radius 2 is 1.94 bits per heavy atom. The summed E-state index contributed by atoms with van der Waals surface area (Å²) in [5.41, 5.74) is 0. The summed E-state index contributed by atoms with van der Waals surface area (Å²) in [6.45, 7) is 5.96. The molecule has 90 valence electrons. The Morgan fingerprint density at radius 1 is 1.25 bits per heavy atom. The molecule has 1 aliphatic carbocycles. The first-order chi connectivity index (χ1) is 7.65. The fraction of sp³-hybridized carbons (Fsp3) is 0.786. The van der Waals surface area contributed by atoms with E-state index >= 15 is 0 Å². The second-order valence-corrected chi connectivity index (χ2v) is 5.80. The Morgan fingerprint density at radius 3 is 2.44 bits per heavy atom. The lowest BCUT2D eigenvalue weighted by Crippen LogP contribution is -2.25. The Balaban J connectivity index is 1.81. The van der Waals surface area contributed by atoms with Gasteiger partial charge in [0.25, 0.3) is 0 Å². The molecule has 0 spiro atoms. The Kier molecular flexibility index (Phi) is 3.67. The second kappa shape index (κ2) is 5.03. The standard InChI is InChI=1S/C14H25N2/c1-12(2)14-6-4-13(5-7-14)10-16-9-8-15(3)11-16/h8-9,11-14H,4-7,10H2,1-3H3/q+1. The van der Waals surface area contributed by atoms with Gasteiger partial charge in [0.1, 0.15) is 12.4 Å². The largest absolute Gasteiger partial charge is 0.243 e. The van der Waals surface area contributed by atoms with Crippen LogP contribution in [0.25, 0.3) is 0 Å². The molecule has 0 aliphatic heterocycles. The van der Waals surface area contributed by atoms with Gasteiger partial charge in [-0.15, -0.1) is 0 Å². The van der Waals surface area contributed by atoms with Gasteiger partial charge in [-0.2, -0.15) is 0 Å². The van der Waals surface area contributed by atoms with Crippen LogP contribution in [0.3, 0.4) is 0 Å². The molecule has 1 aromatic rings. The normalized spacial score (nSPS) is 26.2. The maximum atomic E-state index is 2.37. The zero-order valence-corrected chi connectivity index (χ0v) is 10.9. The molecule has 1 fully saturated rings. The zero-order chi connectivity index (χ0) is 11.5. The van der Waals surface area contributed by atoms with E-state index in [1.165, 1.54) is 32.2 Å². The number of imidazole rings is 1. The molecule has 0 N–H and O–H groups in total. The molecule has 0 aromatic carbocycles. The topological polar surface area (TPSA) is 8.81 Å². The first kappa shape index (κ1) is 11.7. The smallest absolute Gasteiger partial charge is 0.240 e. The Bertz CT molecular complexity index is 319. The van der Waals surface area contributed by atoms with Gasteiger partial charge in [0.15, 0.2) is 0 Å². The van der Waals surface area contributed by atoms with Gasteiger partial charge in [-0.3, -0.25) is 0 Å². The van der Waals surface area contributed by atoms with Gasteiger partial charge in [0.05, 0.1) is 13.6 Å². The lowest BCUT2D eigenvalue weighted by Gasteiger charge is -2.29. The Labute approximate surface area is 99.3 Å². The molecule has 16 heavy (non-hydrogen) atoms. The molecular formula is C14H25N2+. The molecule has 0 amide bonds. The van der Waals surface area contributed by atoms with Gasteiger partial charge < -0.3 is 0 Å². The van der Waals surface area contributed by atoms with Gasteiger partial charge in [-0.1, -0.05) is 13.8 Å². The van der Waals surface area contributed by atoms with Crippen LogP contribution in [0.1, 0.15) is 39.5 Å². The molecule has 1 heterocycles. The predicted octanol–water partition coefficient (Wildman–Crippen LogP) is 2.78. The fourth-order valence-corrected chi connectivity index (χ4v) is 2.95. The third-order valence-corrected chi connectivity index (χ3v) is 4.13. The first-order valence-electron chi connectivity index (χ1n) is 6.66. The summed E-state index contributed by atoms with van der Waals surface area (Å²) >= 11 is 0. The minimum atomic E-state index is 0.880. The van der Waals surface area contributed by atoms with Gasteiger partial charge in [-0.25, -0.2) is 9.13 Å². The van der Waals surface area contributed by atoms with Gasteiger partial charge in [-0.05, 0) is 43.4 Å². The maximum Gasteiger partial charge on any atom is 0.243 e. The number of aryl methyl sites for hydroxylation is 1. The van der Waals surface area contributed by atoms with Crippen LogP contribution < -0.4 is 4.57 Å². The number of hydrogen-bond donors (Lipinski definition) is 0. The lowest BCUT2D eigenvalue weighted by atomic mass is 9.77. The van der Waals surface area contributed by atoms with Gasteiger partial charge >= 0.3 is 0 Å². The van der Waals surface area contributed by atoms with E-state index in [1.54, 1.807) is 0 Å². The van der Waals surface area contributed by atoms with Crippen molar-refractivity contribution in [1.29, 1.82) is 0 Å². The number of hydrogen-bond acceptors (Lipinski definition) is 0. The minimum absolute atomic E-state index is 0.880. The monoisotopic (exact) mass is 221 g/mol. The Hall–Kier alpha value is -0.790. The van der Waals surface area contributed by atoms with E-state index < -0.39 is 0 Å². The molecule has 0 unspecified atom stereocenters. The van der Waals surface area contributed by atoms with Crippen LogP contribution >= 0.6 is 0 Å². The van der Waals surface area contributed by atoms with Crippen molar-refractivity contribution in [3.05, 3.63) is 18.7 Å². The van der Waals surface area contributed by atoms with Gasteiger partial charge in [0, 0.05) is 0 Å². The van der Waals surface area contributed by atoms with Crippen molar-refractivity contribution in [3.8, 4) is 0 Å². The van der Waals surface area contributed by atoms with E-state index in [2.05, 4.69) is 48.8 Å². The van der Waals surface area contributed by atoms with Crippen molar-refractivity contribution in [1.82, 2.24) is 4.57 Å². The van der Waals surface area contributed by atoms with Crippen molar-refractivity contribution < 1.29 is 4.57 Å². The lowest BCUT2D eigenvalue weighted by molar-refractivity contribution is -0.671. The highest BCUT2D eigenvalue weighted by molar-refractivity contribution is 4.76. The third kappa shape index (κ3) is 2.87. The molecule has 0 saturated heterocycles. The fourth-order valence-electron chi connectivity index (χ4n) is 2.95. The van der Waals surface area contributed by atoms with Crippen LogP contribution in [0.2, 0.25) is 0 Å². The molecule has 2 nitrogen and oxygen atoms in total. The summed E-state index contributed by atoms with van der Waals surface area (Å²) in [6, 6.07) is 0. The summed E-state index contributed by atoms with van der Waals surface area (Å²) in [6.07, 6.45) is 12.2. The first-order valence-corrected chi connectivity index (χ1v) is 6.66. The number of nitrogens with zero attached hydrogens (tertiary/aromatic N) is 2. The van der Waals surface area contributed by atoms with E-state index in [0.717, 1.165) is 17.8 Å². The molecule has 0 radical (unpaired) electrons. The summed E-state index contributed by atoms with van der Waals surface area (Å²) in [5, 5.41) is 0. The molecular weight excluding hydrogens is 196 g/mol. The van der Waals surface area contributed by atoms with Crippen LogP contribution in [0, 0.1) is 17.8 Å². The summed E-state index contributed by atoms with van der Waals surface area (Å²) in [5.74, 6) is 2.77. The SMILES string of the molecule is CC(C)C1CCC(Cn2cc[n+](C)c2)CC1. The van der Waals surface area contributed by atoms with E-state index in [0.29, 0.717) is 0 Å². The zero-order valence-electron chi connectivity index (χ0n) is 10.9. The minimum Gasteiger partial charge on any atom is -0.240 e. The average Bonchev–Trinajstić information content (AvgIpc) is 2.65. The van der Waals surface area contributed by atoms with Crippen molar-refractivity contribution in [3.63, 3.8) is 0 Å². The second-order valence-electron chi connectivity index (χ2n) is 5.80. The molecule has 0 bridgehead atoms. The third-order valence-electron chi connectivity index (χ3n) is 4.13. The summed E-state index contributed by atoms with van der Waals surface area (Å²) in [7, 11) is 2.09. The number of aromatic nitrogens is 2. The van der Waals surface area contributed by atoms with Crippen molar-refractivity contribution in [2.75, 3.05) is 0 Å². The van der Waals surface area contributed by atoms with Crippen LogP contribution in [0.4, 0.5) is 0 Å². The predicted molar refractivity (Wildman–Crippen MR) is 65.9 cm³/mol. The molecule has 2 rings (SSSR count). The van der Waals surface area contributed by atoms with E-state index in [9.17, 15) is 0 Å². The highest BCUT2D eigenvalue weighted by atomic mass is 15.1. The van der Waals surface area contributed by atoms with Crippen molar-refractivity contribution >= 4 is 0 Å². The quantitative estimate of drug-likeness (QED) is 0.694. The number of rotatable bonds is 3. The molecule has 1 aliphatic rings. The maximum absolute atomic E-state index is 2.37. The van der Waals surface area contributed by atoms with E-state index in [4.69, 9.17) is 0 Å². The van der Waals surface area contributed by atoms with Crippen LogP contribution in [-0.4, -0.2) is 4.57 Å². The van der Waals surface area contributed by atoms with E-state index in [1.807, 2.05) is 0 Å². The van der Waals surface area contributed by atoms with Crippen LogP contribution in [0.15, 0.2) is 18.7 Å². The molecule has 0 atom stereocenters. The molecule has 1 saturated carbocycles. The van der Waals surface area contributed by atoms with Crippen molar-refractivity contribution in [2.45, 2.75) is 46.1 Å².